The molecule has 0 saturated heterocycles. The average Bonchev–Trinajstić information content (AvgIpc) is 2.65. The minimum atomic E-state index is -0.655. The van der Waals surface area contributed by atoms with Crippen molar-refractivity contribution in [3.8, 4) is 17.6 Å². The monoisotopic (exact) mass is 385 g/mol. The zero-order valence-corrected chi connectivity index (χ0v) is 15.1. The van der Waals surface area contributed by atoms with Crippen molar-refractivity contribution in [2.24, 2.45) is 5.73 Å². The van der Waals surface area contributed by atoms with Gasteiger partial charge in [0.1, 0.15) is 23.1 Å². The molecular weight excluding hydrogens is 370 g/mol. The molecule has 138 valence electrons. The van der Waals surface area contributed by atoms with E-state index in [-0.39, 0.29) is 17.9 Å². The Labute approximate surface area is 160 Å². The molecule has 0 fully saturated rings. The summed E-state index contributed by atoms with van der Waals surface area (Å²) in [4.78, 5) is 23.3. The lowest BCUT2D eigenvalue weighted by Gasteiger charge is -2.09. The average molecular weight is 386 g/mol. The second-order valence-corrected chi connectivity index (χ2v) is 5.73. The molecule has 27 heavy (non-hydrogen) atoms. The summed E-state index contributed by atoms with van der Waals surface area (Å²) in [6.07, 6.45) is 1.32. The number of anilines is 1. The highest BCUT2D eigenvalue weighted by molar-refractivity contribution is 6.30. The van der Waals surface area contributed by atoms with Gasteiger partial charge in [0.25, 0.3) is 11.8 Å². The summed E-state index contributed by atoms with van der Waals surface area (Å²) in [6, 6.07) is 13.1. The first-order chi connectivity index (χ1) is 12.9. The lowest BCUT2D eigenvalue weighted by molar-refractivity contribution is -0.120. The van der Waals surface area contributed by atoms with E-state index in [1.54, 1.807) is 30.3 Å². The summed E-state index contributed by atoms with van der Waals surface area (Å²) in [5.74, 6) is -0.358. The van der Waals surface area contributed by atoms with Gasteiger partial charge in [-0.1, -0.05) is 11.6 Å². The number of hydrogen-bond donors (Lipinski definition) is 2. The number of methoxy groups -OCH3 is 1. The summed E-state index contributed by atoms with van der Waals surface area (Å²) in [5, 5.41) is 12.3. The number of benzene rings is 2. The summed E-state index contributed by atoms with van der Waals surface area (Å²) < 4.78 is 10.3. The molecule has 2 aromatic carbocycles. The number of nitrogens with two attached hydrogens (primary N) is 1. The van der Waals surface area contributed by atoms with Crippen molar-refractivity contribution >= 4 is 35.2 Å². The van der Waals surface area contributed by atoms with E-state index in [1.807, 2.05) is 6.07 Å². The molecular formula is C19H16ClN3O4. The van der Waals surface area contributed by atoms with Crippen LogP contribution in [0.5, 0.6) is 11.5 Å². The van der Waals surface area contributed by atoms with Crippen LogP contribution in [0.1, 0.15) is 5.56 Å². The Morgan fingerprint density at radius 3 is 2.56 bits per heavy atom. The molecule has 0 aromatic heterocycles. The molecule has 0 aliphatic rings. The largest absolute Gasteiger partial charge is 0.497 e. The molecule has 2 aromatic rings. The van der Waals surface area contributed by atoms with E-state index in [0.717, 1.165) is 0 Å². The molecule has 0 aliphatic carbocycles. The van der Waals surface area contributed by atoms with Crippen LogP contribution in [-0.2, 0) is 9.59 Å². The quantitative estimate of drug-likeness (QED) is 0.561. The molecule has 0 saturated carbocycles. The number of carbonyl (C=O) groups is 2. The van der Waals surface area contributed by atoms with Crippen molar-refractivity contribution in [2.45, 2.75) is 0 Å². The maximum Gasteiger partial charge on any atom is 0.266 e. The highest BCUT2D eigenvalue weighted by Crippen LogP contribution is 2.26. The second-order valence-electron chi connectivity index (χ2n) is 5.29. The summed E-state index contributed by atoms with van der Waals surface area (Å²) in [7, 11) is 1.53. The lowest BCUT2D eigenvalue weighted by atomic mass is 10.1. The van der Waals surface area contributed by atoms with Crippen LogP contribution < -0.4 is 20.5 Å². The zero-order valence-electron chi connectivity index (χ0n) is 14.4. The SMILES string of the molecule is COc1ccc(NC(=O)/C(C#N)=C/c2cc(Cl)ccc2OCC(N)=O)cc1. The van der Waals surface area contributed by atoms with Gasteiger partial charge in [0.05, 0.1) is 7.11 Å². The molecule has 8 heteroatoms. The summed E-state index contributed by atoms with van der Waals surface area (Å²) in [5.41, 5.74) is 5.77. The van der Waals surface area contributed by atoms with Gasteiger partial charge in [-0.25, -0.2) is 0 Å². The van der Waals surface area contributed by atoms with E-state index < -0.39 is 11.8 Å². The highest BCUT2D eigenvalue weighted by atomic mass is 35.5. The minimum absolute atomic E-state index is 0.169. The van der Waals surface area contributed by atoms with Crippen molar-refractivity contribution in [3.05, 3.63) is 58.6 Å². The normalized spacial score (nSPS) is 10.6. The molecule has 0 unspecified atom stereocenters. The number of carbonyl (C=O) groups excluding carboxylic acids is 2. The Bertz CT molecular complexity index is 918. The van der Waals surface area contributed by atoms with E-state index in [9.17, 15) is 14.9 Å². The van der Waals surface area contributed by atoms with E-state index in [0.29, 0.717) is 22.0 Å². The Hall–Kier alpha value is -3.50. The van der Waals surface area contributed by atoms with E-state index in [4.69, 9.17) is 26.8 Å². The van der Waals surface area contributed by atoms with Gasteiger partial charge in [0.2, 0.25) is 0 Å². The highest BCUT2D eigenvalue weighted by Gasteiger charge is 2.12. The fourth-order valence-corrected chi connectivity index (χ4v) is 2.27. The molecule has 3 N–H and O–H groups in total. The Kier molecular flexibility index (Phi) is 6.80. The number of primary amides is 1. The smallest absolute Gasteiger partial charge is 0.266 e. The maximum absolute atomic E-state index is 12.4. The fraction of sp³-hybridized carbons (Fsp3) is 0.105. The van der Waals surface area contributed by atoms with Crippen LogP contribution in [0.25, 0.3) is 6.08 Å². The van der Waals surface area contributed by atoms with Gasteiger partial charge >= 0.3 is 0 Å². The topological polar surface area (TPSA) is 114 Å². The van der Waals surface area contributed by atoms with Crippen LogP contribution in [0, 0.1) is 11.3 Å². The fourth-order valence-electron chi connectivity index (χ4n) is 2.09. The first-order valence-electron chi connectivity index (χ1n) is 7.70. The number of halogens is 1. The first kappa shape index (κ1) is 19.8. The molecule has 2 rings (SSSR count). The second kappa shape index (κ2) is 9.27. The van der Waals surface area contributed by atoms with Gasteiger partial charge in [-0.15, -0.1) is 0 Å². The van der Waals surface area contributed by atoms with Gasteiger partial charge in [-0.3, -0.25) is 9.59 Å². The number of nitriles is 1. The van der Waals surface area contributed by atoms with Gasteiger partial charge in [0.15, 0.2) is 6.61 Å². The third-order valence-corrected chi connectivity index (χ3v) is 3.59. The molecule has 0 heterocycles. The molecule has 0 aliphatic heterocycles. The number of hydrogen-bond acceptors (Lipinski definition) is 5. The van der Waals surface area contributed by atoms with E-state index in [1.165, 1.54) is 25.3 Å². The van der Waals surface area contributed by atoms with Gasteiger partial charge in [-0.05, 0) is 48.5 Å². The third kappa shape index (κ3) is 5.76. The minimum Gasteiger partial charge on any atom is -0.497 e. The molecule has 7 nitrogen and oxygen atoms in total. The van der Waals surface area contributed by atoms with Crippen molar-refractivity contribution in [1.82, 2.24) is 0 Å². The predicted molar refractivity (Wildman–Crippen MR) is 101 cm³/mol. The zero-order chi connectivity index (χ0) is 19.8. The van der Waals surface area contributed by atoms with Crippen LogP contribution >= 0.6 is 11.6 Å². The van der Waals surface area contributed by atoms with Crippen LogP contribution in [0.4, 0.5) is 5.69 Å². The summed E-state index contributed by atoms with van der Waals surface area (Å²) >= 11 is 5.97. The van der Waals surface area contributed by atoms with Crippen LogP contribution in [0.3, 0.4) is 0 Å². The number of ether oxygens (including phenoxy) is 2. The Balaban J connectivity index is 2.26. The number of amides is 2. The first-order valence-corrected chi connectivity index (χ1v) is 8.08. The van der Waals surface area contributed by atoms with Crippen molar-refractivity contribution in [2.75, 3.05) is 19.0 Å². The van der Waals surface area contributed by atoms with Crippen LogP contribution in [-0.4, -0.2) is 25.5 Å². The molecule has 2 amide bonds. The van der Waals surface area contributed by atoms with Gasteiger partial charge in [0, 0.05) is 16.3 Å². The van der Waals surface area contributed by atoms with Gasteiger partial charge in [-0.2, -0.15) is 5.26 Å². The number of nitrogens with one attached hydrogen (secondary N) is 1. The molecule has 0 bridgehead atoms. The molecule has 0 spiro atoms. The van der Waals surface area contributed by atoms with Crippen molar-refractivity contribution < 1.29 is 19.1 Å². The third-order valence-electron chi connectivity index (χ3n) is 3.35. The van der Waals surface area contributed by atoms with E-state index in [2.05, 4.69) is 5.32 Å². The van der Waals surface area contributed by atoms with Crippen molar-refractivity contribution in [3.63, 3.8) is 0 Å². The Morgan fingerprint density at radius 1 is 1.26 bits per heavy atom. The molecule has 0 radical (unpaired) electrons. The van der Waals surface area contributed by atoms with Crippen LogP contribution in [0.2, 0.25) is 5.02 Å². The predicted octanol–water partition coefficient (Wildman–Crippen LogP) is 2.76. The van der Waals surface area contributed by atoms with E-state index >= 15 is 0 Å². The summed E-state index contributed by atoms with van der Waals surface area (Å²) in [6.45, 7) is -0.345. The van der Waals surface area contributed by atoms with Crippen molar-refractivity contribution in [1.29, 1.82) is 5.26 Å². The molecule has 0 atom stereocenters. The number of nitrogens with zero attached hydrogens (tertiary/aromatic N) is 1. The number of rotatable bonds is 7. The van der Waals surface area contributed by atoms with Crippen LogP contribution in [0.15, 0.2) is 48.0 Å². The lowest BCUT2D eigenvalue weighted by Crippen LogP contribution is -2.20. The standard InChI is InChI=1S/C19H16ClN3O4/c1-26-16-5-3-15(4-6-16)23-19(25)13(10-21)8-12-9-14(20)2-7-17(12)27-11-18(22)24/h2-9H,11H2,1H3,(H2,22,24)(H,23,25)/b13-8+. The Morgan fingerprint density at radius 2 is 1.96 bits per heavy atom. The maximum atomic E-state index is 12.4. The van der Waals surface area contributed by atoms with Gasteiger partial charge < -0.3 is 20.5 Å².